The third-order valence-electron chi connectivity index (χ3n) is 5.71. The Labute approximate surface area is 177 Å². The van der Waals surface area contributed by atoms with E-state index in [1.807, 2.05) is 18.3 Å². The van der Waals surface area contributed by atoms with E-state index in [1.54, 1.807) is 12.1 Å². The molecule has 1 spiro atoms. The van der Waals surface area contributed by atoms with Gasteiger partial charge in [0.25, 0.3) is 0 Å². The molecule has 158 valence electrons. The van der Waals surface area contributed by atoms with Crippen molar-refractivity contribution < 1.29 is 8.60 Å². The zero-order chi connectivity index (χ0) is 21.1. The molecule has 1 saturated carbocycles. The fourth-order valence-corrected chi connectivity index (χ4v) is 4.81. The van der Waals surface area contributed by atoms with Crippen LogP contribution >= 0.6 is 0 Å². The maximum Gasteiger partial charge on any atom is 0.229 e. The van der Waals surface area contributed by atoms with Crippen LogP contribution in [0.15, 0.2) is 46.4 Å². The van der Waals surface area contributed by atoms with Gasteiger partial charge >= 0.3 is 0 Å². The number of alkyl halides is 1. The Morgan fingerprint density at radius 3 is 2.60 bits per heavy atom. The number of anilines is 2. The normalized spacial score (nSPS) is 17.8. The molecule has 3 N–H and O–H groups in total. The molecule has 2 aliphatic rings. The number of nitrogens with zero attached hydrogens (tertiary/aromatic N) is 4. The van der Waals surface area contributed by atoms with Gasteiger partial charge in [-0.2, -0.15) is 4.98 Å². The predicted molar refractivity (Wildman–Crippen MR) is 118 cm³/mol. The highest BCUT2D eigenvalue weighted by Crippen LogP contribution is 2.39. The molecule has 0 radical (unpaired) electrons. The van der Waals surface area contributed by atoms with E-state index in [4.69, 9.17) is 10.1 Å². The highest BCUT2D eigenvalue weighted by atomic mass is 32.2. The molecule has 3 aromatic rings. The Hall–Kier alpha value is -2.65. The lowest BCUT2D eigenvalue weighted by atomic mass is 9.81. The molecule has 7 nitrogen and oxygen atoms in total. The molecule has 2 aromatic heterocycles. The first-order valence-electron chi connectivity index (χ1n) is 9.95. The molecule has 5 rings (SSSR count). The molecule has 30 heavy (non-hydrogen) atoms. The SMILES string of the molecule is CF.NS(=O)c1ccc(Nc2ncc3cc4n(c3n2)C2(C=NC4)CCCCC2)cc1. The first kappa shape index (κ1) is 20.6. The molecule has 1 atom stereocenters. The maximum absolute atomic E-state index is 11.3. The maximum atomic E-state index is 11.3. The van der Waals surface area contributed by atoms with Crippen LogP contribution in [-0.2, 0) is 23.1 Å². The van der Waals surface area contributed by atoms with Crippen molar-refractivity contribution in [2.75, 3.05) is 12.5 Å². The van der Waals surface area contributed by atoms with Crippen LogP contribution in [0.1, 0.15) is 37.8 Å². The van der Waals surface area contributed by atoms with Crippen LogP contribution in [0.2, 0.25) is 0 Å². The van der Waals surface area contributed by atoms with E-state index in [1.165, 1.54) is 25.0 Å². The van der Waals surface area contributed by atoms with Crippen LogP contribution in [0.25, 0.3) is 11.0 Å². The molecule has 1 aromatic carbocycles. The van der Waals surface area contributed by atoms with Gasteiger partial charge in [-0.3, -0.25) is 9.38 Å². The lowest BCUT2D eigenvalue weighted by Crippen LogP contribution is -2.40. The number of hydrogen-bond acceptors (Lipinski definition) is 5. The molecule has 3 heterocycles. The Kier molecular flexibility index (Phi) is 5.92. The van der Waals surface area contributed by atoms with Crippen molar-refractivity contribution in [2.24, 2.45) is 10.1 Å². The number of rotatable bonds is 3. The third kappa shape index (κ3) is 3.75. The van der Waals surface area contributed by atoms with Gasteiger partial charge in [-0.05, 0) is 43.2 Å². The van der Waals surface area contributed by atoms with E-state index in [-0.39, 0.29) is 5.54 Å². The largest absolute Gasteiger partial charge is 0.324 e. The highest BCUT2D eigenvalue weighted by Gasteiger charge is 2.37. The van der Waals surface area contributed by atoms with Gasteiger partial charge in [0.1, 0.15) is 16.6 Å². The Morgan fingerprint density at radius 2 is 1.90 bits per heavy atom. The van der Waals surface area contributed by atoms with Crippen molar-refractivity contribution in [3.63, 3.8) is 0 Å². The molecular weight excluding hydrogens is 403 g/mol. The molecule has 1 aliphatic heterocycles. The third-order valence-corrected chi connectivity index (χ3v) is 6.45. The van der Waals surface area contributed by atoms with Crippen molar-refractivity contribution in [2.45, 2.75) is 49.1 Å². The average Bonchev–Trinajstić information content (AvgIpc) is 3.16. The van der Waals surface area contributed by atoms with Crippen LogP contribution < -0.4 is 10.5 Å². The number of benzene rings is 1. The summed E-state index contributed by atoms with van der Waals surface area (Å²) < 4.78 is 23.2. The minimum Gasteiger partial charge on any atom is -0.324 e. The zero-order valence-corrected chi connectivity index (χ0v) is 17.7. The molecule has 0 amide bonds. The lowest BCUT2D eigenvalue weighted by molar-refractivity contribution is 0.282. The van der Waals surface area contributed by atoms with Crippen molar-refractivity contribution in [1.29, 1.82) is 0 Å². The summed E-state index contributed by atoms with van der Waals surface area (Å²) in [6, 6.07) is 9.30. The van der Waals surface area contributed by atoms with Gasteiger partial charge in [0.15, 0.2) is 0 Å². The van der Waals surface area contributed by atoms with E-state index in [2.05, 4.69) is 32.1 Å². The number of nitrogens with one attached hydrogen (secondary N) is 1. The monoisotopic (exact) mass is 428 g/mol. The first-order valence-corrected chi connectivity index (χ1v) is 11.2. The van der Waals surface area contributed by atoms with E-state index in [0.29, 0.717) is 24.6 Å². The second kappa shape index (κ2) is 8.61. The number of aromatic nitrogens is 3. The minimum atomic E-state index is -1.48. The van der Waals surface area contributed by atoms with E-state index < -0.39 is 11.0 Å². The molecule has 0 bridgehead atoms. The van der Waals surface area contributed by atoms with E-state index in [9.17, 15) is 8.60 Å². The topological polar surface area (TPSA) is 98.2 Å². The Balaban J connectivity index is 0.00000106. The average molecular weight is 429 g/mol. The summed E-state index contributed by atoms with van der Waals surface area (Å²) in [7, 11) is -0.980. The van der Waals surface area contributed by atoms with E-state index in [0.717, 1.165) is 29.6 Å². The summed E-state index contributed by atoms with van der Waals surface area (Å²) in [6.45, 7) is 0.693. The predicted octanol–water partition coefficient (Wildman–Crippen LogP) is 3.99. The van der Waals surface area contributed by atoms with Gasteiger partial charge in [-0.1, -0.05) is 19.3 Å². The first-order chi connectivity index (χ1) is 14.6. The zero-order valence-electron chi connectivity index (χ0n) is 16.8. The standard InChI is InChI=1S/C20H22N6OS.CH3F/c21-28(27)17-6-4-15(5-7-17)24-19-23-11-14-10-16-12-22-13-20(8-2-1-3-9-20)26(16)18(14)25-19;1-2/h4-7,10-11,13H,1-3,8-9,12,21H2,(H,23,24,25);1H3. The Morgan fingerprint density at radius 1 is 1.17 bits per heavy atom. The fraction of sp³-hybridized carbons (Fsp3) is 0.381. The number of hydrogen-bond donors (Lipinski definition) is 2. The minimum absolute atomic E-state index is 0.0496. The highest BCUT2D eigenvalue weighted by molar-refractivity contribution is 7.82. The molecule has 1 fully saturated rings. The fourth-order valence-electron chi connectivity index (χ4n) is 4.40. The molecule has 1 aliphatic carbocycles. The van der Waals surface area contributed by atoms with Crippen LogP contribution in [0.3, 0.4) is 0 Å². The summed E-state index contributed by atoms with van der Waals surface area (Å²) >= 11 is 0. The van der Waals surface area contributed by atoms with Gasteiger partial charge in [-0.25, -0.2) is 14.3 Å². The van der Waals surface area contributed by atoms with Gasteiger partial charge in [0.05, 0.1) is 24.2 Å². The smallest absolute Gasteiger partial charge is 0.229 e. The summed E-state index contributed by atoms with van der Waals surface area (Å²) in [6.07, 6.45) is 9.96. The lowest BCUT2D eigenvalue weighted by Gasteiger charge is -2.39. The van der Waals surface area contributed by atoms with Crippen LogP contribution in [0, 0.1) is 0 Å². The number of fused-ring (bicyclic) bond motifs is 4. The number of aliphatic imine (C=N–C) groups is 1. The quantitative estimate of drug-likeness (QED) is 0.659. The van der Waals surface area contributed by atoms with Gasteiger partial charge in [-0.15, -0.1) is 0 Å². The summed E-state index contributed by atoms with van der Waals surface area (Å²) in [4.78, 5) is 14.6. The summed E-state index contributed by atoms with van der Waals surface area (Å²) in [5.41, 5.74) is 2.94. The second-order valence-electron chi connectivity index (χ2n) is 7.52. The van der Waals surface area contributed by atoms with Gasteiger partial charge in [0.2, 0.25) is 5.95 Å². The van der Waals surface area contributed by atoms with Gasteiger partial charge < -0.3 is 9.88 Å². The van der Waals surface area contributed by atoms with Gasteiger partial charge in [0, 0.05) is 29.2 Å². The Bertz CT molecular complexity index is 1090. The number of nitrogens with two attached hydrogens (primary N) is 1. The molecular formula is C21H25FN6OS. The summed E-state index contributed by atoms with van der Waals surface area (Å²) in [5.74, 6) is 0.545. The summed E-state index contributed by atoms with van der Waals surface area (Å²) in [5, 5.41) is 9.70. The molecule has 1 unspecified atom stereocenters. The van der Waals surface area contributed by atoms with Crippen molar-refractivity contribution in [1.82, 2.24) is 14.5 Å². The van der Waals surface area contributed by atoms with E-state index >= 15 is 0 Å². The van der Waals surface area contributed by atoms with Crippen LogP contribution in [0.5, 0.6) is 0 Å². The number of halogens is 1. The second-order valence-corrected chi connectivity index (χ2v) is 8.59. The van der Waals surface area contributed by atoms with Crippen molar-refractivity contribution >= 4 is 39.9 Å². The van der Waals surface area contributed by atoms with Crippen LogP contribution in [0.4, 0.5) is 16.0 Å². The van der Waals surface area contributed by atoms with Crippen molar-refractivity contribution in [3.05, 3.63) is 42.2 Å². The molecule has 0 saturated heterocycles. The van der Waals surface area contributed by atoms with Crippen LogP contribution in [-0.4, -0.2) is 32.1 Å². The molecule has 9 heteroatoms. The van der Waals surface area contributed by atoms with Crippen molar-refractivity contribution in [3.8, 4) is 0 Å².